The Morgan fingerprint density at radius 1 is 1.30 bits per heavy atom. The lowest BCUT2D eigenvalue weighted by Crippen LogP contribution is -2.12. The van der Waals surface area contributed by atoms with Crippen LogP contribution in [-0.2, 0) is 6.54 Å². The molecular weight excluding hydrogens is 256 g/mol. The third-order valence-electron chi connectivity index (χ3n) is 3.19. The summed E-state index contributed by atoms with van der Waals surface area (Å²) in [5.74, 6) is 0.592. The molecule has 2 aromatic rings. The summed E-state index contributed by atoms with van der Waals surface area (Å²) in [6.45, 7) is 6.97. The van der Waals surface area contributed by atoms with Crippen molar-refractivity contribution in [2.75, 3.05) is 7.11 Å². The lowest BCUT2D eigenvalue weighted by atomic mass is 10.1. The SMILES string of the molecule is CCCn1cc(C(O)c2c(OC)cnn2C(C)C)cn1. The van der Waals surface area contributed by atoms with Crippen LogP contribution in [0.4, 0.5) is 0 Å². The molecule has 0 saturated carbocycles. The average molecular weight is 278 g/mol. The Morgan fingerprint density at radius 2 is 2.05 bits per heavy atom. The molecule has 110 valence electrons. The van der Waals surface area contributed by atoms with Crippen LogP contribution in [0, 0.1) is 0 Å². The number of methoxy groups -OCH3 is 1. The van der Waals surface area contributed by atoms with E-state index in [1.807, 2.05) is 24.7 Å². The quantitative estimate of drug-likeness (QED) is 0.879. The Morgan fingerprint density at radius 3 is 2.65 bits per heavy atom. The third kappa shape index (κ3) is 2.70. The van der Waals surface area contributed by atoms with Crippen molar-refractivity contribution in [2.45, 2.75) is 45.9 Å². The maximum atomic E-state index is 10.6. The molecule has 0 aliphatic carbocycles. The van der Waals surface area contributed by atoms with Crippen LogP contribution in [0.25, 0.3) is 0 Å². The summed E-state index contributed by atoms with van der Waals surface area (Å²) in [6, 6.07) is 0.147. The monoisotopic (exact) mass is 278 g/mol. The summed E-state index contributed by atoms with van der Waals surface area (Å²) < 4.78 is 8.92. The molecule has 2 rings (SSSR count). The molecule has 6 nitrogen and oxygen atoms in total. The molecule has 0 saturated heterocycles. The molecule has 0 aliphatic rings. The number of aryl methyl sites for hydroxylation is 1. The molecule has 6 heteroatoms. The van der Waals surface area contributed by atoms with E-state index >= 15 is 0 Å². The fourth-order valence-electron chi connectivity index (χ4n) is 2.21. The average Bonchev–Trinajstić information content (AvgIpc) is 3.04. The molecule has 1 N–H and O–H groups in total. The first-order chi connectivity index (χ1) is 9.58. The molecule has 2 aromatic heterocycles. The van der Waals surface area contributed by atoms with Crippen LogP contribution in [0.15, 0.2) is 18.6 Å². The minimum absolute atomic E-state index is 0.147. The first kappa shape index (κ1) is 14.6. The first-order valence-electron chi connectivity index (χ1n) is 6.90. The number of aromatic nitrogens is 4. The van der Waals surface area contributed by atoms with Crippen LogP contribution in [-0.4, -0.2) is 31.8 Å². The van der Waals surface area contributed by atoms with Crippen molar-refractivity contribution in [3.8, 4) is 5.75 Å². The molecule has 0 aliphatic heterocycles. The van der Waals surface area contributed by atoms with Crippen LogP contribution >= 0.6 is 0 Å². The van der Waals surface area contributed by atoms with Gasteiger partial charge in [-0.2, -0.15) is 10.2 Å². The normalized spacial score (nSPS) is 12.9. The Hall–Kier alpha value is -1.82. The molecule has 0 radical (unpaired) electrons. The van der Waals surface area contributed by atoms with E-state index in [-0.39, 0.29) is 6.04 Å². The van der Waals surface area contributed by atoms with Gasteiger partial charge in [-0.05, 0) is 20.3 Å². The van der Waals surface area contributed by atoms with Crippen LogP contribution in [0.2, 0.25) is 0 Å². The summed E-state index contributed by atoms with van der Waals surface area (Å²) in [5.41, 5.74) is 1.41. The smallest absolute Gasteiger partial charge is 0.163 e. The van der Waals surface area contributed by atoms with Gasteiger partial charge in [0.1, 0.15) is 11.8 Å². The number of nitrogens with zero attached hydrogens (tertiary/aromatic N) is 4. The van der Waals surface area contributed by atoms with Gasteiger partial charge in [0.25, 0.3) is 0 Å². The Balaban J connectivity index is 2.35. The summed E-state index contributed by atoms with van der Waals surface area (Å²) in [4.78, 5) is 0. The van der Waals surface area contributed by atoms with E-state index in [2.05, 4.69) is 17.1 Å². The van der Waals surface area contributed by atoms with Crippen LogP contribution < -0.4 is 4.74 Å². The van der Waals surface area contributed by atoms with E-state index in [4.69, 9.17) is 4.74 Å². The zero-order chi connectivity index (χ0) is 14.7. The molecule has 1 unspecified atom stereocenters. The van der Waals surface area contributed by atoms with Gasteiger partial charge in [0.15, 0.2) is 5.75 Å². The molecule has 20 heavy (non-hydrogen) atoms. The molecule has 2 heterocycles. The standard InChI is InChI=1S/C14H22N4O2/c1-5-6-17-9-11(7-15-17)14(19)13-12(20-4)8-16-18(13)10(2)3/h7-10,14,19H,5-6H2,1-4H3. The van der Waals surface area contributed by atoms with Crippen molar-refractivity contribution in [2.24, 2.45) is 0 Å². The highest BCUT2D eigenvalue weighted by Crippen LogP contribution is 2.31. The van der Waals surface area contributed by atoms with Gasteiger partial charge in [-0.1, -0.05) is 6.92 Å². The summed E-state index contributed by atoms with van der Waals surface area (Å²) in [7, 11) is 1.58. The molecule has 0 amide bonds. The van der Waals surface area contributed by atoms with Gasteiger partial charge >= 0.3 is 0 Å². The second kappa shape index (κ2) is 6.09. The Kier molecular flexibility index (Phi) is 4.44. The van der Waals surface area contributed by atoms with E-state index in [9.17, 15) is 5.11 Å². The highest BCUT2D eigenvalue weighted by Gasteiger charge is 2.23. The number of aliphatic hydroxyl groups is 1. The Labute approximate surface area is 119 Å². The fourth-order valence-corrected chi connectivity index (χ4v) is 2.21. The van der Waals surface area contributed by atoms with Crippen molar-refractivity contribution in [1.29, 1.82) is 0 Å². The van der Waals surface area contributed by atoms with Gasteiger partial charge in [-0.3, -0.25) is 9.36 Å². The van der Waals surface area contributed by atoms with E-state index in [0.717, 1.165) is 18.5 Å². The van der Waals surface area contributed by atoms with Crippen LogP contribution in [0.1, 0.15) is 50.6 Å². The van der Waals surface area contributed by atoms with Crippen molar-refractivity contribution in [1.82, 2.24) is 19.6 Å². The van der Waals surface area contributed by atoms with Gasteiger partial charge in [-0.15, -0.1) is 0 Å². The highest BCUT2D eigenvalue weighted by atomic mass is 16.5. The van der Waals surface area contributed by atoms with E-state index in [1.54, 1.807) is 24.2 Å². The summed E-state index contributed by atoms with van der Waals surface area (Å²) in [5, 5.41) is 19.1. The van der Waals surface area contributed by atoms with E-state index < -0.39 is 6.10 Å². The lowest BCUT2D eigenvalue weighted by Gasteiger charge is -2.16. The maximum Gasteiger partial charge on any atom is 0.163 e. The fraction of sp³-hybridized carbons (Fsp3) is 0.571. The van der Waals surface area contributed by atoms with Crippen molar-refractivity contribution < 1.29 is 9.84 Å². The van der Waals surface area contributed by atoms with Crippen molar-refractivity contribution in [3.05, 3.63) is 29.8 Å². The number of ether oxygens (including phenoxy) is 1. The largest absolute Gasteiger partial charge is 0.493 e. The van der Waals surface area contributed by atoms with Gasteiger partial charge in [0, 0.05) is 24.3 Å². The predicted octanol–water partition coefficient (Wildman–Crippen LogP) is 2.16. The number of hydrogen-bond donors (Lipinski definition) is 1. The zero-order valence-corrected chi connectivity index (χ0v) is 12.4. The lowest BCUT2D eigenvalue weighted by molar-refractivity contribution is 0.199. The van der Waals surface area contributed by atoms with Crippen LogP contribution in [0.5, 0.6) is 5.75 Å². The summed E-state index contributed by atoms with van der Waals surface area (Å²) >= 11 is 0. The topological polar surface area (TPSA) is 65.1 Å². The van der Waals surface area contributed by atoms with Gasteiger partial charge in [-0.25, -0.2) is 0 Å². The molecule has 1 atom stereocenters. The minimum Gasteiger partial charge on any atom is -0.493 e. The Bertz CT molecular complexity index is 559. The van der Waals surface area contributed by atoms with Crippen LogP contribution in [0.3, 0.4) is 0 Å². The molecule has 0 spiro atoms. The highest BCUT2D eigenvalue weighted by molar-refractivity contribution is 5.33. The second-order valence-corrected chi connectivity index (χ2v) is 5.08. The summed E-state index contributed by atoms with van der Waals surface area (Å²) in [6.07, 6.45) is 5.41. The molecule has 0 bridgehead atoms. The van der Waals surface area contributed by atoms with E-state index in [0.29, 0.717) is 11.4 Å². The molecular formula is C14H22N4O2. The van der Waals surface area contributed by atoms with Gasteiger partial charge in [0.05, 0.1) is 19.5 Å². The first-order valence-corrected chi connectivity index (χ1v) is 6.90. The number of rotatable bonds is 6. The number of aliphatic hydroxyl groups excluding tert-OH is 1. The number of hydrogen-bond acceptors (Lipinski definition) is 4. The maximum absolute atomic E-state index is 10.6. The molecule has 0 fully saturated rings. The van der Waals surface area contributed by atoms with E-state index in [1.165, 1.54) is 0 Å². The van der Waals surface area contributed by atoms with Gasteiger partial charge < -0.3 is 9.84 Å². The van der Waals surface area contributed by atoms with Crippen molar-refractivity contribution in [3.63, 3.8) is 0 Å². The zero-order valence-electron chi connectivity index (χ0n) is 12.4. The van der Waals surface area contributed by atoms with Crippen molar-refractivity contribution >= 4 is 0 Å². The predicted molar refractivity (Wildman–Crippen MR) is 75.7 cm³/mol. The third-order valence-corrected chi connectivity index (χ3v) is 3.19. The van der Waals surface area contributed by atoms with Gasteiger partial charge in [0.2, 0.25) is 0 Å². The second-order valence-electron chi connectivity index (χ2n) is 5.08. The molecule has 0 aromatic carbocycles. The minimum atomic E-state index is -0.791.